The largest absolute Gasteiger partial charge is 0.298 e. The summed E-state index contributed by atoms with van der Waals surface area (Å²) in [6, 6.07) is 11.5. The number of pyridine rings is 1. The van der Waals surface area contributed by atoms with Gasteiger partial charge in [0, 0.05) is 21.1 Å². The van der Waals surface area contributed by atoms with Gasteiger partial charge >= 0.3 is 0 Å². The molecule has 0 spiro atoms. The summed E-state index contributed by atoms with van der Waals surface area (Å²) in [5.74, 6) is 0.443. The molecular weight excluding hydrogens is 426 g/mol. The van der Waals surface area contributed by atoms with Gasteiger partial charge in [0.1, 0.15) is 5.70 Å². The van der Waals surface area contributed by atoms with Crippen molar-refractivity contribution in [2.24, 2.45) is 10.1 Å². The molecule has 0 fully saturated rings. The Morgan fingerprint density at radius 2 is 2.22 bits per heavy atom. The van der Waals surface area contributed by atoms with Crippen LogP contribution in [0.15, 0.2) is 63.6 Å². The Kier molecular flexibility index (Phi) is 4.84. The lowest BCUT2D eigenvalue weighted by molar-refractivity contribution is -0.116. The van der Waals surface area contributed by atoms with Crippen LogP contribution in [0, 0.1) is 6.92 Å². The third kappa shape index (κ3) is 3.42. The molecule has 1 aromatic heterocycles. The van der Waals surface area contributed by atoms with Crippen molar-refractivity contribution in [3.63, 3.8) is 0 Å². The number of hydrogen-bond donors (Lipinski definition) is 1. The van der Waals surface area contributed by atoms with Gasteiger partial charge in [-0.3, -0.25) is 20.1 Å². The first-order chi connectivity index (χ1) is 13.1. The summed E-state index contributed by atoms with van der Waals surface area (Å²) in [5, 5.41) is 11.2. The Morgan fingerprint density at radius 1 is 1.37 bits per heavy atom. The second-order valence-corrected chi connectivity index (χ2v) is 7.94. The summed E-state index contributed by atoms with van der Waals surface area (Å²) in [6.45, 7) is 5.65. The van der Waals surface area contributed by atoms with Gasteiger partial charge in [-0.25, -0.2) is 5.01 Å². The first-order valence-corrected chi connectivity index (χ1v) is 10.1. The van der Waals surface area contributed by atoms with Gasteiger partial charge in [0.25, 0.3) is 5.91 Å². The molecule has 0 unspecified atom stereocenters. The number of benzene rings is 1. The second kappa shape index (κ2) is 7.28. The van der Waals surface area contributed by atoms with E-state index in [2.05, 4.69) is 37.9 Å². The summed E-state index contributed by atoms with van der Waals surface area (Å²) in [4.78, 5) is 22.4. The standard InChI is InChI=1S/C19H16BrN5OS/c1-3-9-27-19-23-18(26)16-13-10-12(20)7-8-14(13)22-17(25(16)24-19)15-6-4-5-11(2)21-15/h3-8,10,17H,1,9H2,2H3,(H,23,24,26)/t17-/m0/s1. The third-order valence-corrected chi connectivity index (χ3v) is 5.44. The molecule has 0 saturated carbocycles. The van der Waals surface area contributed by atoms with E-state index >= 15 is 0 Å². The lowest BCUT2D eigenvalue weighted by Crippen LogP contribution is -2.50. The number of nitrogens with zero attached hydrogens (tertiary/aromatic N) is 4. The minimum Gasteiger partial charge on any atom is -0.298 e. The van der Waals surface area contributed by atoms with Crippen molar-refractivity contribution in [3.8, 4) is 0 Å². The quantitative estimate of drug-likeness (QED) is 0.741. The highest BCUT2D eigenvalue weighted by atomic mass is 79.9. The van der Waals surface area contributed by atoms with E-state index in [4.69, 9.17) is 4.99 Å². The number of amidine groups is 1. The van der Waals surface area contributed by atoms with Crippen molar-refractivity contribution >= 4 is 44.5 Å². The van der Waals surface area contributed by atoms with E-state index in [1.165, 1.54) is 11.8 Å². The maximum atomic E-state index is 12.9. The number of thioether (sulfide) groups is 1. The molecular formula is C19H16BrN5OS. The zero-order valence-electron chi connectivity index (χ0n) is 14.5. The molecule has 0 radical (unpaired) electrons. The fraction of sp³-hybridized carbons (Fsp3) is 0.158. The van der Waals surface area contributed by atoms with E-state index in [1.54, 1.807) is 11.1 Å². The van der Waals surface area contributed by atoms with Crippen molar-refractivity contribution < 1.29 is 4.79 Å². The number of carbonyl (C=O) groups excluding carboxylic acids is 1. The number of rotatable bonds is 3. The molecule has 1 amide bonds. The average Bonchev–Trinajstić information content (AvgIpc) is 2.65. The van der Waals surface area contributed by atoms with Crippen molar-refractivity contribution in [2.75, 3.05) is 5.75 Å². The lowest BCUT2D eigenvalue weighted by Gasteiger charge is -2.33. The Balaban J connectivity index is 1.94. The Bertz CT molecular complexity index is 1100. The number of carbonyl (C=O) groups is 1. The Morgan fingerprint density at radius 3 is 3.00 bits per heavy atom. The van der Waals surface area contributed by atoms with E-state index in [-0.39, 0.29) is 5.91 Å². The highest BCUT2D eigenvalue weighted by Gasteiger charge is 2.35. The first-order valence-electron chi connectivity index (χ1n) is 8.31. The fourth-order valence-electron chi connectivity index (χ4n) is 2.96. The second-order valence-electron chi connectivity index (χ2n) is 6.02. The number of fused-ring (bicyclic) bond motifs is 2. The summed E-state index contributed by atoms with van der Waals surface area (Å²) in [7, 11) is 0. The molecule has 1 atom stereocenters. The maximum Gasteiger partial charge on any atom is 0.276 e. The zero-order valence-corrected chi connectivity index (χ0v) is 16.9. The number of aryl methyl sites for hydroxylation is 1. The van der Waals surface area contributed by atoms with E-state index < -0.39 is 6.17 Å². The van der Waals surface area contributed by atoms with E-state index in [9.17, 15) is 4.79 Å². The molecule has 6 nitrogen and oxygen atoms in total. The molecule has 136 valence electrons. The smallest absolute Gasteiger partial charge is 0.276 e. The molecule has 4 rings (SSSR count). The van der Waals surface area contributed by atoms with Crippen LogP contribution in [-0.2, 0) is 4.79 Å². The molecule has 27 heavy (non-hydrogen) atoms. The fourth-order valence-corrected chi connectivity index (χ4v) is 3.90. The summed E-state index contributed by atoms with van der Waals surface area (Å²) in [5.41, 5.74) is 2.10. The van der Waals surface area contributed by atoms with Crippen LogP contribution in [-0.4, -0.2) is 26.8 Å². The lowest BCUT2D eigenvalue weighted by atomic mass is 10.1. The van der Waals surface area contributed by atoms with E-state index in [0.717, 1.165) is 26.4 Å². The summed E-state index contributed by atoms with van der Waals surface area (Å²) >= 11 is 4.89. The van der Waals surface area contributed by atoms with Crippen molar-refractivity contribution in [3.05, 3.63) is 75.5 Å². The molecule has 0 aliphatic carbocycles. The van der Waals surface area contributed by atoms with Gasteiger partial charge in [-0.1, -0.05) is 39.8 Å². The predicted molar refractivity (Wildman–Crippen MR) is 110 cm³/mol. The van der Waals surface area contributed by atoms with E-state index in [0.29, 0.717) is 16.6 Å². The zero-order chi connectivity index (χ0) is 19.0. The molecule has 3 heterocycles. The minimum absolute atomic E-state index is 0.205. The summed E-state index contributed by atoms with van der Waals surface area (Å²) in [6.07, 6.45) is 1.27. The monoisotopic (exact) mass is 441 g/mol. The average molecular weight is 442 g/mol. The van der Waals surface area contributed by atoms with Gasteiger partial charge in [0.05, 0.1) is 11.1 Å². The normalized spacial score (nSPS) is 18.1. The highest BCUT2D eigenvalue weighted by Crippen LogP contribution is 2.30. The Labute approximate surface area is 168 Å². The maximum absolute atomic E-state index is 12.9. The summed E-state index contributed by atoms with van der Waals surface area (Å²) < 4.78 is 0.875. The number of hydrazone groups is 1. The van der Waals surface area contributed by atoms with Crippen LogP contribution in [0.3, 0.4) is 0 Å². The predicted octanol–water partition coefficient (Wildman–Crippen LogP) is 2.21. The number of amides is 1. The van der Waals surface area contributed by atoms with Crippen molar-refractivity contribution in [1.29, 1.82) is 0 Å². The van der Waals surface area contributed by atoms with Crippen LogP contribution in [0.5, 0.6) is 0 Å². The minimum atomic E-state index is -0.501. The van der Waals surface area contributed by atoms with Crippen LogP contribution in [0.25, 0.3) is 5.70 Å². The topological polar surface area (TPSA) is 70.0 Å². The number of aromatic nitrogens is 1. The Hall–Kier alpha value is -2.45. The van der Waals surface area contributed by atoms with Gasteiger partial charge < -0.3 is 0 Å². The van der Waals surface area contributed by atoms with Gasteiger partial charge in [-0.2, -0.15) is 0 Å². The molecule has 1 aromatic carbocycles. The number of nitrogens with one attached hydrogen (secondary N) is 1. The SMILES string of the molecule is C=CCSC1=NN2C(=c3cc(Br)ccc3=N[C@@H]2c2cccc(C)n2)C(=O)N1. The number of halogens is 1. The molecule has 0 saturated heterocycles. The van der Waals surface area contributed by atoms with Gasteiger partial charge in [0.15, 0.2) is 11.3 Å². The van der Waals surface area contributed by atoms with Crippen LogP contribution < -0.4 is 15.9 Å². The molecule has 8 heteroatoms. The van der Waals surface area contributed by atoms with Crippen molar-refractivity contribution in [2.45, 2.75) is 13.1 Å². The molecule has 2 aromatic rings. The molecule has 2 aliphatic rings. The third-order valence-electron chi connectivity index (χ3n) is 4.08. The van der Waals surface area contributed by atoms with Crippen LogP contribution in [0.4, 0.5) is 0 Å². The van der Waals surface area contributed by atoms with Gasteiger partial charge in [-0.05, 0) is 37.3 Å². The van der Waals surface area contributed by atoms with E-state index in [1.807, 2.05) is 43.3 Å². The highest BCUT2D eigenvalue weighted by molar-refractivity contribution is 9.10. The van der Waals surface area contributed by atoms with Gasteiger partial charge in [-0.15, -0.1) is 11.7 Å². The molecule has 0 bridgehead atoms. The van der Waals surface area contributed by atoms with Crippen LogP contribution in [0.1, 0.15) is 17.6 Å². The molecule has 1 N–H and O–H groups in total. The van der Waals surface area contributed by atoms with Crippen molar-refractivity contribution in [1.82, 2.24) is 15.3 Å². The first kappa shape index (κ1) is 17.9. The van der Waals surface area contributed by atoms with Gasteiger partial charge in [0.2, 0.25) is 0 Å². The van der Waals surface area contributed by atoms with Crippen LogP contribution >= 0.6 is 27.7 Å². The molecule has 2 aliphatic heterocycles. The van der Waals surface area contributed by atoms with Crippen LogP contribution in [0.2, 0.25) is 0 Å². The number of hydrogen-bond acceptors (Lipinski definition) is 6.